The molecule has 0 atom stereocenters. The van der Waals surface area contributed by atoms with Gasteiger partial charge in [-0.05, 0) is 18.6 Å². The van der Waals surface area contributed by atoms with Crippen LogP contribution in [0.25, 0.3) is 11.4 Å². The van der Waals surface area contributed by atoms with Gasteiger partial charge in [0.2, 0.25) is 0 Å². The van der Waals surface area contributed by atoms with Crippen molar-refractivity contribution in [2.24, 2.45) is 0 Å². The summed E-state index contributed by atoms with van der Waals surface area (Å²) in [7, 11) is 0. The van der Waals surface area contributed by atoms with E-state index in [0.717, 1.165) is 30.2 Å². The van der Waals surface area contributed by atoms with Gasteiger partial charge in [-0.15, -0.1) is 0 Å². The standard InChI is InChI=1S/C12H14N4/c1-2-6-15-12-9-13-8-11(16-12)10-5-3-4-7-14-10/h3-5,7-9H,2,6H2,1H3,(H,15,16). The predicted molar refractivity (Wildman–Crippen MR) is 64.0 cm³/mol. The predicted octanol–water partition coefficient (Wildman–Crippen LogP) is 2.36. The van der Waals surface area contributed by atoms with Crippen molar-refractivity contribution in [1.82, 2.24) is 15.0 Å². The van der Waals surface area contributed by atoms with Crippen LogP contribution in [0.15, 0.2) is 36.8 Å². The van der Waals surface area contributed by atoms with E-state index in [0.29, 0.717) is 0 Å². The van der Waals surface area contributed by atoms with Crippen LogP contribution in [0.1, 0.15) is 13.3 Å². The van der Waals surface area contributed by atoms with Crippen molar-refractivity contribution < 1.29 is 0 Å². The monoisotopic (exact) mass is 214 g/mol. The largest absolute Gasteiger partial charge is 0.369 e. The molecule has 0 saturated heterocycles. The van der Waals surface area contributed by atoms with Gasteiger partial charge in [0.05, 0.1) is 18.1 Å². The highest BCUT2D eigenvalue weighted by atomic mass is 15.0. The summed E-state index contributed by atoms with van der Waals surface area (Å²) < 4.78 is 0. The van der Waals surface area contributed by atoms with Crippen LogP contribution in [-0.4, -0.2) is 21.5 Å². The van der Waals surface area contributed by atoms with Crippen LogP contribution >= 0.6 is 0 Å². The van der Waals surface area contributed by atoms with Crippen molar-refractivity contribution >= 4 is 5.82 Å². The Kier molecular flexibility index (Phi) is 3.43. The minimum atomic E-state index is 0.793. The van der Waals surface area contributed by atoms with Gasteiger partial charge < -0.3 is 5.32 Å². The molecule has 0 aromatic carbocycles. The third-order valence-corrected chi connectivity index (χ3v) is 2.12. The molecule has 4 heteroatoms. The lowest BCUT2D eigenvalue weighted by molar-refractivity contribution is 0.965. The Morgan fingerprint density at radius 1 is 1.19 bits per heavy atom. The highest BCUT2D eigenvalue weighted by Gasteiger charge is 2.01. The Balaban J connectivity index is 2.22. The molecule has 0 aliphatic rings. The maximum absolute atomic E-state index is 4.44. The molecule has 2 aromatic rings. The summed E-state index contributed by atoms with van der Waals surface area (Å²) in [6.07, 6.45) is 6.26. The lowest BCUT2D eigenvalue weighted by Gasteiger charge is -2.04. The third kappa shape index (κ3) is 2.53. The van der Waals surface area contributed by atoms with Gasteiger partial charge in [0.1, 0.15) is 11.5 Å². The zero-order valence-corrected chi connectivity index (χ0v) is 9.22. The first-order valence-electron chi connectivity index (χ1n) is 5.37. The fourth-order valence-corrected chi connectivity index (χ4v) is 1.34. The van der Waals surface area contributed by atoms with Crippen LogP contribution in [0.4, 0.5) is 5.82 Å². The summed E-state index contributed by atoms with van der Waals surface area (Å²) in [4.78, 5) is 12.8. The number of nitrogens with zero attached hydrogens (tertiary/aromatic N) is 3. The minimum absolute atomic E-state index is 0.793. The van der Waals surface area contributed by atoms with E-state index in [4.69, 9.17) is 0 Å². The first kappa shape index (κ1) is 10.5. The van der Waals surface area contributed by atoms with Crippen LogP contribution in [0.5, 0.6) is 0 Å². The first-order chi connectivity index (χ1) is 7.90. The van der Waals surface area contributed by atoms with Crippen molar-refractivity contribution in [2.45, 2.75) is 13.3 Å². The Hall–Kier alpha value is -1.97. The average Bonchev–Trinajstić information content (AvgIpc) is 2.38. The second-order valence-corrected chi connectivity index (χ2v) is 3.43. The molecule has 0 saturated carbocycles. The molecule has 2 rings (SSSR count). The summed E-state index contributed by atoms with van der Waals surface area (Å²) in [5.41, 5.74) is 1.64. The van der Waals surface area contributed by atoms with Gasteiger partial charge in [0.25, 0.3) is 0 Å². The number of rotatable bonds is 4. The molecule has 1 N–H and O–H groups in total. The van der Waals surface area contributed by atoms with Gasteiger partial charge in [0.15, 0.2) is 0 Å². The number of hydrogen-bond acceptors (Lipinski definition) is 4. The van der Waals surface area contributed by atoms with Crippen molar-refractivity contribution in [3.63, 3.8) is 0 Å². The highest BCUT2D eigenvalue weighted by Crippen LogP contribution is 2.13. The zero-order chi connectivity index (χ0) is 11.2. The molecule has 0 radical (unpaired) electrons. The molecule has 0 amide bonds. The van der Waals surface area contributed by atoms with E-state index < -0.39 is 0 Å². The second kappa shape index (κ2) is 5.21. The van der Waals surface area contributed by atoms with Crippen LogP contribution in [-0.2, 0) is 0 Å². The Morgan fingerprint density at radius 3 is 2.88 bits per heavy atom. The molecule has 0 spiro atoms. The fourth-order valence-electron chi connectivity index (χ4n) is 1.34. The van der Waals surface area contributed by atoms with E-state index in [9.17, 15) is 0 Å². The Morgan fingerprint density at radius 2 is 2.12 bits per heavy atom. The van der Waals surface area contributed by atoms with Gasteiger partial charge in [-0.25, -0.2) is 4.98 Å². The van der Waals surface area contributed by atoms with Crippen LogP contribution in [0.3, 0.4) is 0 Å². The fraction of sp³-hybridized carbons (Fsp3) is 0.250. The van der Waals surface area contributed by atoms with E-state index in [2.05, 4.69) is 27.2 Å². The normalized spacial score (nSPS) is 10.1. The molecule has 82 valence electrons. The summed E-state index contributed by atoms with van der Waals surface area (Å²) >= 11 is 0. The quantitative estimate of drug-likeness (QED) is 0.848. The van der Waals surface area contributed by atoms with Crippen LogP contribution < -0.4 is 5.32 Å². The van der Waals surface area contributed by atoms with Crippen molar-refractivity contribution in [2.75, 3.05) is 11.9 Å². The Bertz CT molecular complexity index is 442. The SMILES string of the molecule is CCCNc1cncc(-c2ccccn2)n1. The van der Waals surface area contributed by atoms with Crippen LogP contribution in [0.2, 0.25) is 0 Å². The van der Waals surface area contributed by atoms with Gasteiger partial charge in [-0.1, -0.05) is 13.0 Å². The van der Waals surface area contributed by atoms with E-state index in [1.54, 1.807) is 18.6 Å². The molecule has 16 heavy (non-hydrogen) atoms. The van der Waals surface area contributed by atoms with Crippen molar-refractivity contribution in [3.8, 4) is 11.4 Å². The first-order valence-corrected chi connectivity index (χ1v) is 5.37. The summed E-state index contributed by atoms with van der Waals surface area (Å²) in [6.45, 7) is 3.02. The van der Waals surface area contributed by atoms with Crippen molar-refractivity contribution in [3.05, 3.63) is 36.8 Å². The highest BCUT2D eigenvalue weighted by molar-refractivity contribution is 5.54. The average molecular weight is 214 g/mol. The number of nitrogens with one attached hydrogen (secondary N) is 1. The molecule has 0 unspecified atom stereocenters. The molecule has 0 bridgehead atoms. The van der Waals surface area contributed by atoms with E-state index >= 15 is 0 Å². The summed E-state index contributed by atoms with van der Waals surface area (Å²) in [5, 5.41) is 3.20. The molecular formula is C12H14N4. The van der Waals surface area contributed by atoms with Crippen LogP contribution in [0, 0.1) is 0 Å². The number of pyridine rings is 1. The van der Waals surface area contributed by atoms with Gasteiger partial charge in [-0.3, -0.25) is 9.97 Å². The maximum Gasteiger partial charge on any atom is 0.145 e. The second-order valence-electron chi connectivity index (χ2n) is 3.43. The number of aromatic nitrogens is 3. The van der Waals surface area contributed by atoms with E-state index in [1.807, 2.05) is 18.2 Å². The third-order valence-electron chi connectivity index (χ3n) is 2.12. The molecule has 2 aromatic heterocycles. The molecule has 4 nitrogen and oxygen atoms in total. The van der Waals surface area contributed by atoms with Gasteiger partial charge >= 0.3 is 0 Å². The minimum Gasteiger partial charge on any atom is -0.369 e. The topological polar surface area (TPSA) is 50.7 Å². The molecular weight excluding hydrogens is 200 g/mol. The van der Waals surface area contributed by atoms with Gasteiger partial charge in [-0.2, -0.15) is 0 Å². The molecule has 2 heterocycles. The molecule has 0 fully saturated rings. The Labute approximate surface area is 94.8 Å². The smallest absolute Gasteiger partial charge is 0.145 e. The van der Waals surface area contributed by atoms with E-state index in [-0.39, 0.29) is 0 Å². The van der Waals surface area contributed by atoms with E-state index in [1.165, 1.54) is 0 Å². The summed E-state index contributed by atoms with van der Waals surface area (Å²) in [5.74, 6) is 0.796. The number of hydrogen-bond donors (Lipinski definition) is 1. The lowest BCUT2D eigenvalue weighted by atomic mass is 10.3. The maximum atomic E-state index is 4.44. The molecule has 0 aliphatic carbocycles. The lowest BCUT2D eigenvalue weighted by Crippen LogP contribution is -2.03. The van der Waals surface area contributed by atoms with Crippen molar-refractivity contribution in [1.29, 1.82) is 0 Å². The van der Waals surface area contributed by atoms with Gasteiger partial charge in [0, 0.05) is 12.7 Å². The number of anilines is 1. The zero-order valence-electron chi connectivity index (χ0n) is 9.22. The summed E-state index contributed by atoms with van der Waals surface area (Å²) in [6, 6.07) is 5.75. The molecule has 0 aliphatic heterocycles.